The van der Waals surface area contributed by atoms with Gasteiger partial charge in [0.05, 0.1) is 19.0 Å². The van der Waals surface area contributed by atoms with Crippen molar-refractivity contribution in [3.05, 3.63) is 70.6 Å². The SMILES string of the molecule is COC(=O)/C(CC(=O)c1ccccc1)=N\Nc1nc(=O)[nH]c2ccccc12. The Morgan fingerprint density at radius 3 is 2.56 bits per heavy atom. The molecule has 27 heavy (non-hydrogen) atoms. The van der Waals surface area contributed by atoms with Gasteiger partial charge in [0.15, 0.2) is 17.3 Å². The van der Waals surface area contributed by atoms with Crippen LogP contribution >= 0.6 is 0 Å². The van der Waals surface area contributed by atoms with E-state index in [1.54, 1.807) is 54.6 Å². The van der Waals surface area contributed by atoms with Crippen molar-refractivity contribution in [2.24, 2.45) is 5.10 Å². The van der Waals surface area contributed by atoms with Crippen LogP contribution in [0.2, 0.25) is 0 Å². The lowest BCUT2D eigenvalue weighted by atomic mass is 10.1. The zero-order valence-corrected chi connectivity index (χ0v) is 14.4. The molecule has 0 aliphatic carbocycles. The minimum atomic E-state index is -0.749. The molecule has 136 valence electrons. The van der Waals surface area contributed by atoms with Crippen LogP contribution in [0, 0.1) is 0 Å². The van der Waals surface area contributed by atoms with E-state index in [4.69, 9.17) is 4.74 Å². The van der Waals surface area contributed by atoms with Crippen molar-refractivity contribution in [2.75, 3.05) is 12.5 Å². The number of ether oxygens (including phenoxy) is 1. The number of methoxy groups -OCH3 is 1. The van der Waals surface area contributed by atoms with Crippen LogP contribution in [0.1, 0.15) is 16.8 Å². The Hall–Kier alpha value is -3.81. The van der Waals surface area contributed by atoms with E-state index in [0.29, 0.717) is 16.5 Å². The summed E-state index contributed by atoms with van der Waals surface area (Å²) < 4.78 is 4.70. The van der Waals surface area contributed by atoms with E-state index in [0.717, 1.165) is 0 Å². The first-order valence-electron chi connectivity index (χ1n) is 8.06. The predicted molar refractivity (Wildman–Crippen MR) is 101 cm³/mol. The lowest BCUT2D eigenvalue weighted by Crippen LogP contribution is -2.22. The molecule has 3 rings (SSSR count). The van der Waals surface area contributed by atoms with Gasteiger partial charge in [0, 0.05) is 10.9 Å². The number of H-pyrrole nitrogens is 1. The van der Waals surface area contributed by atoms with Crippen LogP contribution in [0.5, 0.6) is 0 Å². The maximum Gasteiger partial charge on any atom is 0.354 e. The number of esters is 1. The second-order valence-electron chi connectivity index (χ2n) is 5.56. The molecule has 0 spiro atoms. The van der Waals surface area contributed by atoms with Crippen molar-refractivity contribution in [1.82, 2.24) is 9.97 Å². The fourth-order valence-electron chi connectivity index (χ4n) is 2.46. The number of benzene rings is 2. The number of aromatic amines is 1. The predicted octanol–water partition coefficient (Wildman–Crippen LogP) is 2.14. The molecular formula is C19H16N4O4. The zero-order valence-electron chi connectivity index (χ0n) is 14.4. The number of hydrazone groups is 1. The van der Waals surface area contributed by atoms with Crippen LogP contribution in [0.4, 0.5) is 5.82 Å². The van der Waals surface area contributed by atoms with Gasteiger partial charge in [-0.1, -0.05) is 42.5 Å². The maximum absolute atomic E-state index is 12.4. The number of aromatic nitrogens is 2. The van der Waals surface area contributed by atoms with Gasteiger partial charge in [-0.15, -0.1) is 0 Å². The van der Waals surface area contributed by atoms with Crippen molar-refractivity contribution in [3.8, 4) is 0 Å². The summed E-state index contributed by atoms with van der Waals surface area (Å²) in [6.45, 7) is 0. The molecule has 8 heteroatoms. The van der Waals surface area contributed by atoms with Crippen molar-refractivity contribution in [1.29, 1.82) is 0 Å². The largest absolute Gasteiger partial charge is 0.464 e. The molecule has 2 N–H and O–H groups in total. The van der Waals surface area contributed by atoms with E-state index in [9.17, 15) is 14.4 Å². The van der Waals surface area contributed by atoms with Crippen LogP contribution in [0.3, 0.4) is 0 Å². The van der Waals surface area contributed by atoms with E-state index in [1.807, 2.05) is 0 Å². The van der Waals surface area contributed by atoms with Gasteiger partial charge < -0.3 is 9.72 Å². The highest BCUT2D eigenvalue weighted by Gasteiger charge is 2.18. The molecule has 0 radical (unpaired) electrons. The van der Waals surface area contributed by atoms with E-state index in [1.165, 1.54) is 7.11 Å². The van der Waals surface area contributed by atoms with Gasteiger partial charge in [0.25, 0.3) is 0 Å². The van der Waals surface area contributed by atoms with Gasteiger partial charge in [0.1, 0.15) is 0 Å². The fraction of sp³-hybridized carbons (Fsp3) is 0.105. The summed E-state index contributed by atoms with van der Waals surface area (Å²) in [5, 5.41) is 4.59. The highest BCUT2D eigenvalue weighted by atomic mass is 16.5. The van der Waals surface area contributed by atoms with Crippen molar-refractivity contribution in [3.63, 3.8) is 0 Å². The summed E-state index contributed by atoms with van der Waals surface area (Å²) in [7, 11) is 1.20. The number of anilines is 1. The molecule has 0 aliphatic rings. The van der Waals surface area contributed by atoms with Gasteiger partial charge in [-0.05, 0) is 12.1 Å². The number of fused-ring (bicyclic) bond motifs is 1. The summed E-state index contributed by atoms with van der Waals surface area (Å²) >= 11 is 0. The second-order valence-corrected chi connectivity index (χ2v) is 5.56. The van der Waals surface area contributed by atoms with Crippen LogP contribution < -0.4 is 11.1 Å². The number of ketones is 1. The first-order chi connectivity index (χ1) is 13.1. The van der Waals surface area contributed by atoms with Gasteiger partial charge >= 0.3 is 11.7 Å². The Bertz CT molecular complexity index is 1070. The van der Waals surface area contributed by atoms with E-state index >= 15 is 0 Å². The van der Waals surface area contributed by atoms with Crippen LogP contribution in [-0.2, 0) is 9.53 Å². The minimum Gasteiger partial charge on any atom is -0.464 e. The molecule has 0 aliphatic heterocycles. The molecule has 0 saturated carbocycles. The Morgan fingerprint density at radius 2 is 1.81 bits per heavy atom. The summed E-state index contributed by atoms with van der Waals surface area (Å²) in [4.78, 5) is 42.5. The van der Waals surface area contributed by atoms with Crippen molar-refractivity contribution in [2.45, 2.75) is 6.42 Å². The Kier molecular flexibility index (Phi) is 5.36. The number of hydrogen-bond donors (Lipinski definition) is 2. The summed E-state index contributed by atoms with van der Waals surface area (Å²) in [5.74, 6) is -0.867. The first-order valence-corrected chi connectivity index (χ1v) is 8.06. The average Bonchev–Trinajstić information content (AvgIpc) is 2.70. The number of rotatable bonds is 6. The molecule has 1 heterocycles. The molecule has 0 atom stereocenters. The van der Waals surface area contributed by atoms with Crippen molar-refractivity contribution >= 4 is 34.2 Å². The number of nitrogens with zero attached hydrogens (tertiary/aromatic N) is 2. The second kappa shape index (κ2) is 8.05. The molecule has 0 bridgehead atoms. The average molecular weight is 364 g/mol. The maximum atomic E-state index is 12.4. The monoisotopic (exact) mass is 364 g/mol. The molecule has 0 amide bonds. The third kappa shape index (κ3) is 4.24. The molecule has 3 aromatic rings. The molecule has 0 unspecified atom stereocenters. The van der Waals surface area contributed by atoms with Gasteiger partial charge in [-0.25, -0.2) is 9.59 Å². The summed E-state index contributed by atoms with van der Waals surface area (Å²) in [5.41, 5.74) is 2.93. The third-order valence-electron chi connectivity index (χ3n) is 3.78. The number of hydrogen-bond acceptors (Lipinski definition) is 7. The summed E-state index contributed by atoms with van der Waals surface area (Å²) in [6, 6.07) is 15.5. The van der Waals surface area contributed by atoms with Gasteiger partial charge in [0.2, 0.25) is 0 Å². The Labute approximate surface area is 153 Å². The topological polar surface area (TPSA) is 114 Å². The highest BCUT2D eigenvalue weighted by Crippen LogP contribution is 2.17. The molecular weight excluding hydrogens is 348 g/mol. The molecule has 0 saturated heterocycles. The van der Waals surface area contributed by atoms with E-state index in [2.05, 4.69) is 20.5 Å². The van der Waals surface area contributed by atoms with Crippen molar-refractivity contribution < 1.29 is 14.3 Å². The number of carbonyl (C=O) groups is 2. The Morgan fingerprint density at radius 1 is 1.11 bits per heavy atom. The number of Topliss-reactive ketones (excluding diaryl/α,β-unsaturated/α-hetero) is 1. The normalized spacial score (nSPS) is 11.2. The zero-order chi connectivity index (χ0) is 19.2. The molecule has 2 aromatic carbocycles. The van der Waals surface area contributed by atoms with Crippen LogP contribution in [0.25, 0.3) is 10.9 Å². The first kappa shape index (κ1) is 18.0. The Balaban J connectivity index is 1.90. The fourth-order valence-corrected chi connectivity index (χ4v) is 2.46. The van der Waals surface area contributed by atoms with Crippen LogP contribution in [0.15, 0.2) is 64.5 Å². The van der Waals surface area contributed by atoms with Crippen LogP contribution in [-0.4, -0.2) is 34.5 Å². The highest BCUT2D eigenvalue weighted by molar-refractivity contribution is 6.40. The lowest BCUT2D eigenvalue weighted by molar-refractivity contribution is -0.132. The third-order valence-corrected chi connectivity index (χ3v) is 3.78. The smallest absolute Gasteiger partial charge is 0.354 e. The number of para-hydroxylation sites is 1. The number of carbonyl (C=O) groups excluding carboxylic acids is 2. The number of nitrogens with one attached hydrogen (secondary N) is 2. The standard InChI is InChI=1S/C19H16N4O4/c1-27-18(25)15(11-16(24)12-7-3-2-4-8-12)22-23-17-13-9-5-6-10-14(13)20-19(26)21-17/h2-10H,11H2,1H3,(H2,20,21,23,26)/b22-15-. The van der Waals surface area contributed by atoms with E-state index in [-0.39, 0.29) is 23.7 Å². The minimum absolute atomic E-state index is 0.127. The lowest BCUT2D eigenvalue weighted by Gasteiger charge is -2.07. The molecule has 1 aromatic heterocycles. The summed E-state index contributed by atoms with van der Waals surface area (Å²) in [6.07, 6.45) is -0.259. The quantitative estimate of drug-likeness (QED) is 0.300. The molecule has 8 nitrogen and oxygen atoms in total. The van der Waals surface area contributed by atoms with Gasteiger partial charge in [-0.2, -0.15) is 10.1 Å². The molecule has 0 fully saturated rings. The van der Waals surface area contributed by atoms with E-state index < -0.39 is 11.7 Å². The van der Waals surface area contributed by atoms with Gasteiger partial charge in [-0.3, -0.25) is 10.2 Å².